The third kappa shape index (κ3) is 4.56. The van der Waals surface area contributed by atoms with E-state index in [1.165, 1.54) is 0 Å². The van der Waals surface area contributed by atoms with Crippen molar-refractivity contribution in [2.24, 2.45) is 0 Å². The molecule has 0 radical (unpaired) electrons. The Morgan fingerprint density at radius 2 is 2.05 bits per heavy atom. The second kappa shape index (κ2) is 7.22. The molecule has 1 heterocycles. The second-order valence-corrected chi connectivity index (χ2v) is 5.57. The average Bonchev–Trinajstić information content (AvgIpc) is 2.49. The molecule has 1 N–H and O–H groups in total. The number of carbonyl (C=O) groups is 1. The van der Waals surface area contributed by atoms with E-state index >= 15 is 0 Å². The minimum absolute atomic E-state index is 0.0416. The van der Waals surface area contributed by atoms with Gasteiger partial charge in [0.05, 0.1) is 7.11 Å². The third-order valence-corrected chi connectivity index (χ3v) is 3.94. The van der Waals surface area contributed by atoms with Gasteiger partial charge in [0.1, 0.15) is 11.6 Å². The van der Waals surface area contributed by atoms with E-state index in [0.29, 0.717) is 18.7 Å². The molecule has 0 bridgehead atoms. The molecule has 0 fully saturated rings. The number of aromatic nitrogens is 1. The number of benzene rings is 1. The van der Waals surface area contributed by atoms with E-state index in [-0.39, 0.29) is 5.91 Å². The van der Waals surface area contributed by atoms with Gasteiger partial charge in [-0.3, -0.25) is 4.79 Å². The van der Waals surface area contributed by atoms with Crippen LogP contribution in [0.25, 0.3) is 0 Å². The van der Waals surface area contributed by atoms with Crippen LogP contribution in [0.1, 0.15) is 17.5 Å². The molecule has 0 atom stereocenters. The Balaban J connectivity index is 1.87. The lowest BCUT2D eigenvalue weighted by atomic mass is 10.1. The number of pyridine rings is 1. The number of amides is 1. The van der Waals surface area contributed by atoms with Gasteiger partial charge in [-0.2, -0.15) is 0 Å². The molecule has 1 aromatic carbocycles. The minimum Gasteiger partial charge on any atom is -0.497 e. The molecule has 0 unspecified atom stereocenters. The SMILES string of the molecule is COc1ccc(CCC(=O)Nc2cc(C)c(Br)cn2)cc1. The number of carbonyl (C=O) groups excluding carboxylic acids is 1. The zero-order valence-corrected chi connectivity index (χ0v) is 13.6. The molecule has 21 heavy (non-hydrogen) atoms. The van der Waals surface area contributed by atoms with Gasteiger partial charge in [-0.05, 0) is 58.6 Å². The minimum atomic E-state index is -0.0416. The summed E-state index contributed by atoms with van der Waals surface area (Å²) in [6.07, 6.45) is 2.79. The maximum absolute atomic E-state index is 11.9. The summed E-state index contributed by atoms with van der Waals surface area (Å²) in [6.45, 7) is 1.96. The maximum atomic E-state index is 11.9. The normalized spacial score (nSPS) is 10.2. The van der Waals surface area contributed by atoms with E-state index in [9.17, 15) is 4.79 Å². The molecule has 0 saturated heterocycles. The second-order valence-electron chi connectivity index (χ2n) is 4.71. The number of hydrogen-bond acceptors (Lipinski definition) is 3. The van der Waals surface area contributed by atoms with E-state index in [2.05, 4.69) is 26.2 Å². The third-order valence-electron chi connectivity index (χ3n) is 3.11. The zero-order chi connectivity index (χ0) is 15.2. The zero-order valence-electron chi connectivity index (χ0n) is 12.0. The number of anilines is 1. The molecule has 1 aromatic heterocycles. The highest BCUT2D eigenvalue weighted by molar-refractivity contribution is 9.10. The van der Waals surface area contributed by atoms with Crippen LogP contribution in [0.5, 0.6) is 5.75 Å². The van der Waals surface area contributed by atoms with Crippen molar-refractivity contribution < 1.29 is 9.53 Å². The predicted molar refractivity (Wildman–Crippen MR) is 86.6 cm³/mol. The van der Waals surface area contributed by atoms with Gasteiger partial charge in [0, 0.05) is 17.1 Å². The van der Waals surface area contributed by atoms with Crippen LogP contribution < -0.4 is 10.1 Å². The van der Waals surface area contributed by atoms with Crippen LogP contribution >= 0.6 is 15.9 Å². The van der Waals surface area contributed by atoms with E-state index in [1.54, 1.807) is 13.3 Å². The summed E-state index contributed by atoms with van der Waals surface area (Å²) in [6, 6.07) is 9.57. The molecule has 4 nitrogen and oxygen atoms in total. The Hall–Kier alpha value is -1.88. The topological polar surface area (TPSA) is 51.2 Å². The van der Waals surface area contributed by atoms with Gasteiger partial charge in [-0.15, -0.1) is 0 Å². The fourth-order valence-corrected chi connectivity index (χ4v) is 2.08. The van der Waals surface area contributed by atoms with Crippen molar-refractivity contribution in [2.45, 2.75) is 19.8 Å². The number of halogens is 1. The number of hydrogen-bond donors (Lipinski definition) is 1. The monoisotopic (exact) mass is 348 g/mol. The number of methoxy groups -OCH3 is 1. The molecule has 2 aromatic rings. The van der Waals surface area contributed by atoms with Gasteiger partial charge in [-0.1, -0.05) is 12.1 Å². The lowest BCUT2D eigenvalue weighted by Crippen LogP contribution is -2.13. The molecular formula is C16H17BrN2O2. The number of ether oxygens (including phenoxy) is 1. The highest BCUT2D eigenvalue weighted by atomic mass is 79.9. The van der Waals surface area contributed by atoms with Crippen LogP contribution in [0.3, 0.4) is 0 Å². The Bertz CT molecular complexity index is 627. The van der Waals surface area contributed by atoms with Crippen LogP contribution in [0.2, 0.25) is 0 Å². The molecule has 0 spiro atoms. The summed E-state index contributed by atoms with van der Waals surface area (Å²) in [7, 11) is 1.63. The molecule has 0 saturated carbocycles. The molecule has 2 rings (SSSR count). The van der Waals surface area contributed by atoms with Gasteiger partial charge in [0.2, 0.25) is 5.91 Å². The standard InChI is InChI=1S/C16H17BrN2O2/c1-11-9-15(18-10-14(11)17)19-16(20)8-5-12-3-6-13(21-2)7-4-12/h3-4,6-7,9-10H,5,8H2,1-2H3,(H,18,19,20). The smallest absolute Gasteiger partial charge is 0.225 e. The van der Waals surface area contributed by atoms with Gasteiger partial charge in [0.15, 0.2) is 0 Å². The number of aryl methyl sites for hydroxylation is 2. The summed E-state index contributed by atoms with van der Waals surface area (Å²) >= 11 is 3.38. The van der Waals surface area contributed by atoms with Gasteiger partial charge in [0.25, 0.3) is 0 Å². The Kier molecular flexibility index (Phi) is 5.33. The van der Waals surface area contributed by atoms with Crippen LogP contribution in [-0.2, 0) is 11.2 Å². The van der Waals surface area contributed by atoms with Crippen LogP contribution in [0.4, 0.5) is 5.82 Å². The summed E-state index contributed by atoms with van der Waals surface area (Å²) in [4.78, 5) is 16.1. The first-order valence-corrected chi connectivity index (χ1v) is 7.42. The van der Waals surface area contributed by atoms with Crippen molar-refractivity contribution in [3.8, 4) is 5.75 Å². The maximum Gasteiger partial charge on any atom is 0.225 e. The Morgan fingerprint density at radius 1 is 1.33 bits per heavy atom. The first kappa shape index (κ1) is 15.5. The van der Waals surface area contributed by atoms with Gasteiger partial charge < -0.3 is 10.1 Å². The Labute approximate surface area is 132 Å². The highest BCUT2D eigenvalue weighted by Gasteiger charge is 2.05. The lowest BCUT2D eigenvalue weighted by molar-refractivity contribution is -0.116. The fraction of sp³-hybridized carbons (Fsp3) is 0.250. The van der Waals surface area contributed by atoms with Crippen molar-refractivity contribution in [1.82, 2.24) is 4.98 Å². The highest BCUT2D eigenvalue weighted by Crippen LogP contribution is 2.17. The van der Waals surface area contributed by atoms with E-state index in [4.69, 9.17) is 4.74 Å². The van der Waals surface area contributed by atoms with E-state index in [1.807, 2.05) is 37.3 Å². The van der Waals surface area contributed by atoms with Crippen molar-refractivity contribution in [1.29, 1.82) is 0 Å². The molecule has 5 heteroatoms. The first-order chi connectivity index (χ1) is 10.1. The quantitative estimate of drug-likeness (QED) is 0.895. The molecule has 0 aliphatic carbocycles. The number of rotatable bonds is 5. The van der Waals surface area contributed by atoms with Crippen molar-refractivity contribution >= 4 is 27.7 Å². The predicted octanol–water partition coefficient (Wildman–Crippen LogP) is 3.73. The molecule has 0 aliphatic heterocycles. The van der Waals surface area contributed by atoms with E-state index < -0.39 is 0 Å². The molecule has 110 valence electrons. The number of nitrogens with zero attached hydrogens (tertiary/aromatic N) is 1. The Morgan fingerprint density at radius 3 is 2.67 bits per heavy atom. The summed E-state index contributed by atoms with van der Waals surface area (Å²) < 4.78 is 6.03. The number of nitrogens with one attached hydrogen (secondary N) is 1. The van der Waals surface area contributed by atoms with Crippen LogP contribution in [-0.4, -0.2) is 18.0 Å². The molecule has 0 aliphatic rings. The van der Waals surface area contributed by atoms with Crippen molar-refractivity contribution in [3.63, 3.8) is 0 Å². The van der Waals surface area contributed by atoms with Crippen molar-refractivity contribution in [3.05, 3.63) is 52.1 Å². The summed E-state index contributed by atoms with van der Waals surface area (Å²) in [5.41, 5.74) is 2.14. The van der Waals surface area contributed by atoms with Crippen LogP contribution in [0, 0.1) is 6.92 Å². The van der Waals surface area contributed by atoms with Crippen molar-refractivity contribution in [2.75, 3.05) is 12.4 Å². The first-order valence-electron chi connectivity index (χ1n) is 6.63. The van der Waals surface area contributed by atoms with Gasteiger partial charge in [-0.25, -0.2) is 4.98 Å². The molecular weight excluding hydrogens is 332 g/mol. The van der Waals surface area contributed by atoms with Crippen LogP contribution in [0.15, 0.2) is 41.0 Å². The van der Waals surface area contributed by atoms with Gasteiger partial charge >= 0.3 is 0 Å². The summed E-state index contributed by atoms with van der Waals surface area (Å²) in [5, 5.41) is 2.81. The lowest BCUT2D eigenvalue weighted by Gasteiger charge is -2.06. The average molecular weight is 349 g/mol. The molecule has 1 amide bonds. The van der Waals surface area contributed by atoms with E-state index in [0.717, 1.165) is 21.3 Å². The summed E-state index contributed by atoms with van der Waals surface area (Å²) in [5.74, 6) is 1.35. The fourth-order valence-electron chi connectivity index (χ4n) is 1.86. The largest absolute Gasteiger partial charge is 0.497 e.